The predicted molar refractivity (Wildman–Crippen MR) is 53.5 cm³/mol. The molecule has 0 saturated carbocycles. The van der Waals surface area contributed by atoms with E-state index >= 15 is 0 Å². The number of nitriles is 1. The number of amides is 1. The summed E-state index contributed by atoms with van der Waals surface area (Å²) >= 11 is 0. The molecule has 0 saturated heterocycles. The maximum Gasteiger partial charge on any atom is 0.471 e. The molecule has 1 amide bonds. The van der Waals surface area contributed by atoms with Crippen LogP contribution in [0.1, 0.15) is 5.56 Å². The Balaban J connectivity index is 2.81. The van der Waals surface area contributed by atoms with Gasteiger partial charge in [-0.05, 0) is 5.56 Å². The minimum Gasteiger partial charge on any atom is -0.317 e. The first kappa shape index (κ1) is 13.0. The van der Waals surface area contributed by atoms with Gasteiger partial charge in [-0.2, -0.15) is 18.4 Å². The molecule has 0 aromatic heterocycles. The molecule has 1 aromatic carbocycles. The van der Waals surface area contributed by atoms with Gasteiger partial charge in [0.15, 0.2) is 0 Å². The predicted octanol–water partition coefficient (Wildman–Crippen LogP) is 2.10. The number of alkyl halides is 3. The van der Waals surface area contributed by atoms with Crippen LogP contribution in [0, 0.1) is 11.3 Å². The van der Waals surface area contributed by atoms with Gasteiger partial charge in [0, 0.05) is 6.54 Å². The summed E-state index contributed by atoms with van der Waals surface area (Å²) in [5.74, 6) is -2.00. The largest absolute Gasteiger partial charge is 0.471 e. The first-order valence-corrected chi connectivity index (χ1v) is 4.72. The maximum absolute atomic E-state index is 12.2. The van der Waals surface area contributed by atoms with Crippen molar-refractivity contribution in [2.75, 3.05) is 6.54 Å². The number of carbonyl (C=O) groups is 1. The molecule has 3 nitrogen and oxygen atoms in total. The van der Waals surface area contributed by atoms with Gasteiger partial charge in [0.1, 0.15) is 6.54 Å². The molecule has 0 N–H and O–H groups in total. The number of carbonyl (C=O) groups excluding carboxylic acids is 1. The fourth-order valence-corrected chi connectivity index (χ4v) is 1.27. The van der Waals surface area contributed by atoms with E-state index in [2.05, 4.69) is 0 Å². The van der Waals surface area contributed by atoms with Crippen LogP contribution in [-0.4, -0.2) is 23.5 Å². The average Bonchev–Trinajstić information content (AvgIpc) is 2.28. The third kappa shape index (κ3) is 3.79. The van der Waals surface area contributed by atoms with Gasteiger partial charge in [-0.1, -0.05) is 30.3 Å². The highest BCUT2D eigenvalue weighted by Crippen LogP contribution is 2.19. The Morgan fingerprint density at radius 1 is 1.29 bits per heavy atom. The smallest absolute Gasteiger partial charge is 0.317 e. The van der Waals surface area contributed by atoms with Crippen LogP contribution in [-0.2, 0) is 11.3 Å². The van der Waals surface area contributed by atoms with Gasteiger partial charge >= 0.3 is 12.1 Å². The summed E-state index contributed by atoms with van der Waals surface area (Å²) in [6.07, 6.45) is -4.95. The van der Waals surface area contributed by atoms with Crippen molar-refractivity contribution in [1.29, 1.82) is 5.26 Å². The fourth-order valence-electron chi connectivity index (χ4n) is 1.27. The minimum absolute atomic E-state index is 0.229. The van der Waals surface area contributed by atoms with Gasteiger partial charge in [0.05, 0.1) is 6.07 Å². The van der Waals surface area contributed by atoms with E-state index in [4.69, 9.17) is 5.26 Å². The summed E-state index contributed by atoms with van der Waals surface area (Å²) in [4.78, 5) is 11.5. The van der Waals surface area contributed by atoms with E-state index in [9.17, 15) is 18.0 Å². The summed E-state index contributed by atoms with van der Waals surface area (Å²) in [5, 5.41) is 8.42. The van der Waals surface area contributed by atoms with Crippen molar-refractivity contribution >= 4 is 5.91 Å². The SMILES string of the molecule is N#CCN(Cc1ccccc1)C(=O)C(F)(F)F. The quantitative estimate of drug-likeness (QED) is 0.762. The van der Waals surface area contributed by atoms with Gasteiger partial charge in [-0.15, -0.1) is 0 Å². The number of nitrogens with zero attached hydrogens (tertiary/aromatic N) is 2. The van der Waals surface area contributed by atoms with Crippen LogP contribution < -0.4 is 0 Å². The zero-order valence-corrected chi connectivity index (χ0v) is 8.74. The zero-order chi connectivity index (χ0) is 12.9. The molecule has 0 bridgehead atoms. The molecule has 1 rings (SSSR count). The minimum atomic E-state index is -4.95. The van der Waals surface area contributed by atoms with Crippen molar-refractivity contribution in [2.45, 2.75) is 12.7 Å². The van der Waals surface area contributed by atoms with Gasteiger partial charge in [-0.3, -0.25) is 4.79 Å². The van der Waals surface area contributed by atoms with Gasteiger partial charge in [0.25, 0.3) is 0 Å². The van der Waals surface area contributed by atoms with Crippen LogP contribution in [0.4, 0.5) is 13.2 Å². The van der Waals surface area contributed by atoms with Crippen LogP contribution in [0.2, 0.25) is 0 Å². The van der Waals surface area contributed by atoms with Crippen LogP contribution >= 0.6 is 0 Å². The molecule has 0 radical (unpaired) electrons. The van der Waals surface area contributed by atoms with E-state index in [1.807, 2.05) is 0 Å². The Morgan fingerprint density at radius 3 is 2.35 bits per heavy atom. The highest BCUT2D eigenvalue weighted by molar-refractivity contribution is 5.82. The average molecular weight is 242 g/mol. The molecule has 0 heterocycles. The summed E-state index contributed by atoms with van der Waals surface area (Å²) < 4.78 is 36.7. The van der Waals surface area contributed by atoms with Crippen LogP contribution in [0.25, 0.3) is 0 Å². The fraction of sp³-hybridized carbons (Fsp3) is 0.273. The molecule has 90 valence electrons. The summed E-state index contributed by atoms with van der Waals surface area (Å²) in [5.41, 5.74) is 0.542. The summed E-state index contributed by atoms with van der Waals surface area (Å²) in [7, 11) is 0. The van der Waals surface area contributed by atoms with Crippen molar-refractivity contribution in [3.8, 4) is 6.07 Å². The Kier molecular flexibility index (Phi) is 4.10. The van der Waals surface area contributed by atoms with Crippen molar-refractivity contribution in [2.24, 2.45) is 0 Å². The summed E-state index contributed by atoms with van der Waals surface area (Å²) in [6, 6.07) is 9.74. The normalized spacial score (nSPS) is 10.7. The molecule has 0 spiro atoms. The molecule has 0 aliphatic heterocycles. The molecule has 0 aliphatic carbocycles. The standard InChI is InChI=1S/C11H9F3N2O/c12-11(13,14)10(17)16(7-6-15)8-9-4-2-1-3-5-9/h1-5H,7-8H2. The van der Waals surface area contributed by atoms with Crippen molar-refractivity contribution in [3.05, 3.63) is 35.9 Å². The Morgan fingerprint density at radius 2 is 1.88 bits per heavy atom. The second-order valence-electron chi connectivity index (χ2n) is 3.30. The van der Waals surface area contributed by atoms with E-state index < -0.39 is 18.6 Å². The molecule has 0 aliphatic rings. The van der Waals surface area contributed by atoms with E-state index in [0.717, 1.165) is 0 Å². The van der Waals surface area contributed by atoms with Gasteiger partial charge < -0.3 is 4.90 Å². The third-order valence-electron chi connectivity index (χ3n) is 2.01. The lowest BCUT2D eigenvalue weighted by atomic mass is 10.2. The third-order valence-corrected chi connectivity index (χ3v) is 2.01. The molecular weight excluding hydrogens is 233 g/mol. The molecule has 0 atom stereocenters. The second-order valence-corrected chi connectivity index (χ2v) is 3.30. The highest BCUT2D eigenvalue weighted by Gasteiger charge is 2.42. The maximum atomic E-state index is 12.2. The lowest BCUT2D eigenvalue weighted by Crippen LogP contribution is -2.40. The molecular formula is C11H9F3N2O. The number of hydrogen-bond acceptors (Lipinski definition) is 2. The Bertz CT molecular complexity index is 423. The van der Waals surface area contributed by atoms with Crippen LogP contribution in [0.5, 0.6) is 0 Å². The lowest BCUT2D eigenvalue weighted by molar-refractivity contribution is -0.185. The summed E-state index contributed by atoms with van der Waals surface area (Å²) in [6.45, 7) is -0.819. The van der Waals surface area contributed by atoms with E-state index in [1.54, 1.807) is 36.4 Å². The van der Waals surface area contributed by atoms with Crippen molar-refractivity contribution in [3.63, 3.8) is 0 Å². The van der Waals surface area contributed by atoms with E-state index in [1.165, 1.54) is 0 Å². The van der Waals surface area contributed by atoms with E-state index in [-0.39, 0.29) is 6.54 Å². The van der Waals surface area contributed by atoms with Gasteiger partial charge in [-0.25, -0.2) is 0 Å². The zero-order valence-electron chi connectivity index (χ0n) is 8.74. The van der Waals surface area contributed by atoms with Crippen LogP contribution in [0.15, 0.2) is 30.3 Å². The number of benzene rings is 1. The number of halogens is 3. The molecule has 0 unspecified atom stereocenters. The lowest BCUT2D eigenvalue weighted by Gasteiger charge is -2.20. The van der Waals surface area contributed by atoms with Gasteiger partial charge in [0.2, 0.25) is 0 Å². The molecule has 1 aromatic rings. The first-order valence-electron chi connectivity index (χ1n) is 4.72. The topological polar surface area (TPSA) is 44.1 Å². The Hall–Kier alpha value is -2.03. The van der Waals surface area contributed by atoms with E-state index in [0.29, 0.717) is 10.5 Å². The number of hydrogen-bond donors (Lipinski definition) is 0. The monoisotopic (exact) mass is 242 g/mol. The molecule has 0 fully saturated rings. The first-order chi connectivity index (χ1) is 7.95. The molecule has 17 heavy (non-hydrogen) atoms. The Labute approximate surface area is 96.1 Å². The van der Waals surface area contributed by atoms with Crippen molar-refractivity contribution in [1.82, 2.24) is 4.90 Å². The molecule has 6 heteroatoms. The second kappa shape index (κ2) is 5.34. The van der Waals surface area contributed by atoms with Crippen molar-refractivity contribution < 1.29 is 18.0 Å². The van der Waals surface area contributed by atoms with Crippen LogP contribution in [0.3, 0.4) is 0 Å². The highest BCUT2D eigenvalue weighted by atomic mass is 19.4. The number of rotatable bonds is 3.